The first kappa shape index (κ1) is 13.9. The van der Waals surface area contributed by atoms with E-state index in [4.69, 9.17) is 4.74 Å². The highest BCUT2D eigenvalue weighted by atomic mass is 16.5. The summed E-state index contributed by atoms with van der Waals surface area (Å²) in [4.78, 5) is 10.9. The van der Waals surface area contributed by atoms with Crippen LogP contribution >= 0.6 is 0 Å². The van der Waals surface area contributed by atoms with E-state index in [2.05, 4.69) is 27.2 Å². The average Bonchev–Trinajstić information content (AvgIpc) is 2.32. The van der Waals surface area contributed by atoms with Gasteiger partial charge in [0.25, 0.3) is 0 Å². The van der Waals surface area contributed by atoms with Crippen molar-refractivity contribution in [3.05, 3.63) is 18.1 Å². The van der Waals surface area contributed by atoms with Gasteiger partial charge in [0, 0.05) is 33.4 Å². The summed E-state index contributed by atoms with van der Waals surface area (Å²) in [7, 11) is 3.81. The molecular weight excluding hydrogens is 216 g/mol. The van der Waals surface area contributed by atoms with Gasteiger partial charge in [0.1, 0.15) is 5.82 Å². The minimum absolute atomic E-state index is 0.801. The van der Waals surface area contributed by atoms with Crippen LogP contribution in [0.3, 0.4) is 0 Å². The molecule has 0 aliphatic heterocycles. The fourth-order valence-corrected chi connectivity index (χ4v) is 1.54. The SMILES string of the molecule is CCNc1cnc(CN(C)CCCOC)cn1. The zero-order chi connectivity index (χ0) is 12.5. The van der Waals surface area contributed by atoms with Gasteiger partial charge < -0.3 is 15.0 Å². The quantitative estimate of drug-likeness (QED) is 0.693. The highest BCUT2D eigenvalue weighted by Crippen LogP contribution is 2.03. The van der Waals surface area contributed by atoms with Crippen LogP contribution < -0.4 is 5.32 Å². The fraction of sp³-hybridized carbons (Fsp3) is 0.667. The smallest absolute Gasteiger partial charge is 0.144 e. The van der Waals surface area contributed by atoms with Crippen LogP contribution in [0, 0.1) is 0 Å². The third-order valence-corrected chi connectivity index (χ3v) is 2.38. The lowest BCUT2D eigenvalue weighted by atomic mass is 10.3. The molecule has 1 N–H and O–H groups in total. The van der Waals surface area contributed by atoms with Crippen molar-refractivity contribution >= 4 is 5.82 Å². The van der Waals surface area contributed by atoms with E-state index >= 15 is 0 Å². The summed E-state index contributed by atoms with van der Waals surface area (Å²) in [5.41, 5.74) is 0.992. The predicted octanol–water partition coefficient (Wildman–Crippen LogP) is 1.38. The monoisotopic (exact) mass is 238 g/mol. The van der Waals surface area contributed by atoms with Gasteiger partial charge in [-0.05, 0) is 20.4 Å². The molecule has 0 saturated carbocycles. The number of rotatable bonds is 8. The molecule has 0 atom stereocenters. The van der Waals surface area contributed by atoms with Gasteiger partial charge in [-0.3, -0.25) is 4.98 Å². The van der Waals surface area contributed by atoms with E-state index in [-0.39, 0.29) is 0 Å². The van der Waals surface area contributed by atoms with Gasteiger partial charge in [-0.1, -0.05) is 0 Å². The first-order valence-electron chi connectivity index (χ1n) is 5.98. The summed E-state index contributed by atoms with van der Waals surface area (Å²) in [6.45, 7) is 5.53. The molecule has 0 amide bonds. The van der Waals surface area contributed by atoms with Crippen molar-refractivity contribution in [1.29, 1.82) is 0 Å². The number of ether oxygens (including phenoxy) is 1. The maximum atomic E-state index is 5.02. The van der Waals surface area contributed by atoms with Crippen LogP contribution in [0.15, 0.2) is 12.4 Å². The summed E-state index contributed by atoms with van der Waals surface area (Å²) in [5.74, 6) is 0.832. The molecular formula is C12H22N4O. The maximum absolute atomic E-state index is 5.02. The number of methoxy groups -OCH3 is 1. The number of hydrogen-bond donors (Lipinski definition) is 1. The Labute approximate surface area is 103 Å². The summed E-state index contributed by atoms with van der Waals surface area (Å²) in [5, 5.41) is 3.13. The number of hydrogen-bond acceptors (Lipinski definition) is 5. The van der Waals surface area contributed by atoms with Crippen LogP contribution in [0.25, 0.3) is 0 Å². The number of aromatic nitrogens is 2. The molecule has 5 nitrogen and oxygen atoms in total. The molecule has 96 valence electrons. The molecule has 1 aromatic rings. The van der Waals surface area contributed by atoms with Crippen LogP contribution in [-0.4, -0.2) is 48.7 Å². The second kappa shape index (κ2) is 7.97. The number of anilines is 1. The van der Waals surface area contributed by atoms with Crippen molar-refractivity contribution in [2.45, 2.75) is 19.9 Å². The van der Waals surface area contributed by atoms with Crippen LogP contribution in [0.4, 0.5) is 5.82 Å². The summed E-state index contributed by atoms with van der Waals surface area (Å²) in [6.07, 6.45) is 4.64. The Morgan fingerprint density at radius 1 is 1.35 bits per heavy atom. The highest BCUT2D eigenvalue weighted by molar-refractivity contribution is 5.30. The fourth-order valence-electron chi connectivity index (χ4n) is 1.54. The second-order valence-corrected chi connectivity index (χ2v) is 4.01. The Bertz CT molecular complexity index is 302. The van der Waals surface area contributed by atoms with Crippen molar-refractivity contribution in [1.82, 2.24) is 14.9 Å². The average molecular weight is 238 g/mol. The minimum atomic E-state index is 0.801. The van der Waals surface area contributed by atoms with Crippen LogP contribution in [0.5, 0.6) is 0 Å². The van der Waals surface area contributed by atoms with E-state index in [0.29, 0.717) is 0 Å². The van der Waals surface area contributed by atoms with Gasteiger partial charge >= 0.3 is 0 Å². The van der Waals surface area contributed by atoms with Crippen molar-refractivity contribution in [3.63, 3.8) is 0 Å². The predicted molar refractivity (Wildman–Crippen MR) is 69.0 cm³/mol. The molecule has 0 spiro atoms. The first-order chi connectivity index (χ1) is 8.26. The van der Waals surface area contributed by atoms with E-state index in [0.717, 1.165) is 44.2 Å². The van der Waals surface area contributed by atoms with Crippen molar-refractivity contribution in [3.8, 4) is 0 Å². The molecule has 0 bridgehead atoms. The Morgan fingerprint density at radius 2 is 2.18 bits per heavy atom. The van der Waals surface area contributed by atoms with E-state index in [1.54, 1.807) is 13.3 Å². The van der Waals surface area contributed by atoms with Gasteiger partial charge in [0.2, 0.25) is 0 Å². The molecule has 1 rings (SSSR count). The summed E-state index contributed by atoms with van der Waals surface area (Å²) >= 11 is 0. The molecule has 1 heterocycles. The Morgan fingerprint density at radius 3 is 2.76 bits per heavy atom. The third kappa shape index (κ3) is 5.60. The lowest BCUT2D eigenvalue weighted by Gasteiger charge is -2.15. The molecule has 0 aromatic carbocycles. The highest BCUT2D eigenvalue weighted by Gasteiger charge is 2.02. The Balaban J connectivity index is 2.34. The standard InChI is InChI=1S/C12H22N4O/c1-4-13-12-9-14-11(8-15-12)10-16(2)6-5-7-17-3/h8-9H,4-7,10H2,1-3H3,(H,13,15). The Hall–Kier alpha value is -1.20. The molecule has 0 unspecified atom stereocenters. The van der Waals surface area contributed by atoms with E-state index < -0.39 is 0 Å². The lowest BCUT2D eigenvalue weighted by Crippen LogP contribution is -2.21. The largest absolute Gasteiger partial charge is 0.385 e. The zero-order valence-electron chi connectivity index (χ0n) is 10.9. The van der Waals surface area contributed by atoms with Crippen molar-refractivity contribution in [2.24, 2.45) is 0 Å². The zero-order valence-corrected chi connectivity index (χ0v) is 10.9. The molecule has 0 aliphatic carbocycles. The minimum Gasteiger partial charge on any atom is -0.385 e. The van der Waals surface area contributed by atoms with Gasteiger partial charge in [0.15, 0.2) is 0 Å². The topological polar surface area (TPSA) is 50.3 Å². The van der Waals surface area contributed by atoms with Crippen LogP contribution in [-0.2, 0) is 11.3 Å². The van der Waals surface area contributed by atoms with Gasteiger partial charge in [0.05, 0.1) is 18.1 Å². The number of nitrogens with one attached hydrogen (secondary N) is 1. The van der Waals surface area contributed by atoms with Crippen LogP contribution in [0.2, 0.25) is 0 Å². The van der Waals surface area contributed by atoms with Crippen LogP contribution in [0.1, 0.15) is 19.0 Å². The molecule has 0 fully saturated rings. The normalized spacial score (nSPS) is 10.8. The second-order valence-electron chi connectivity index (χ2n) is 4.01. The van der Waals surface area contributed by atoms with Gasteiger partial charge in [-0.2, -0.15) is 0 Å². The summed E-state index contributed by atoms with van der Waals surface area (Å²) in [6, 6.07) is 0. The van der Waals surface area contributed by atoms with Crippen molar-refractivity contribution in [2.75, 3.05) is 39.2 Å². The number of nitrogens with zero attached hydrogens (tertiary/aromatic N) is 3. The molecule has 0 saturated heterocycles. The van der Waals surface area contributed by atoms with E-state index in [1.807, 2.05) is 13.1 Å². The lowest BCUT2D eigenvalue weighted by molar-refractivity contribution is 0.177. The van der Waals surface area contributed by atoms with Gasteiger partial charge in [-0.25, -0.2) is 4.98 Å². The third-order valence-electron chi connectivity index (χ3n) is 2.38. The molecule has 17 heavy (non-hydrogen) atoms. The molecule has 5 heteroatoms. The first-order valence-corrected chi connectivity index (χ1v) is 5.98. The maximum Gasteiger partial charge on any atom is 0.144 e. The van der Waals surface area contributed by atoms with Gasteiger partial charge in [-0.15, -0.1) is 0 Å². The molecule has 0 radical (unpaired) electrons. The van der Waals surface area contributed by atoms with Crippen molar-refractivity contribution < 1.29 is 4.74 Å². The molecule has 1 aromatic heterocycles. The molecule has 0 aliphatic rings. The summed E-state index contributed by atoms with van der Waals surface area (Å²) < 4.78 is 5.02. The van der Waals surface area contributed by atoms with E-state index in [1.165, 1.54) is 0 Å². The van der Waals surface area contributed by atoms with E-state index in [9.17, 15) is 0 Å². The Kier molecular flexibility index (Phi) is 6.50.